The second kappa shape index (κ2) is 9.83. The third kappa shape index (κ3) is 5.14. The van der Waals surface area contributed by atoms with E-state index in [-0.39, 0.29) is 29.9 Å². The van der Waals surface area contributed by atoms with Gasteiger partial charge in [0.15, 0.2) is 11.5 Å². The van der Waals surface area contributed by atoms with E-state index < -0.39 is 6.04 Å². The zero-order valence-corrected chi connectivity index (χ0v) is 19.5. The van der Waals surface area contributed by atoms with Crippen LogP contribution in [0.2, 0.25) is 0 Å². The minimum Gasteiger partial charge on any atom is -0.454 e. The van der Waals surface area contributed by atoms with Crippen LogP contribution in [0.25, 0.3) is 0 Å². The number of aryl methyl sites for hydroxylation is 1. The third-order valence-electron chi connectivity index (χ3n) is 6.55. The summed E-state index contributed by atoms with van der Waals surface area (Å²) in [5.74, 6) is 0.982. The Morgan fingerprint density at radius 1 is 1.03 bits per heavy atom. The number of carbonyl (C=O) groups excluding carboxylic acids is 2. The predicted octanol–water partition coefficient (Wildman–Crippen LogP) is 3.34. The maximum absolute atomic E-state index is 13.2. The van der Waals surface area contributed by atoms with Gasteiger partial charge in [0.05, 0.1) is 0 Å². The van der Waals surface area contributed by atoms with E-state index in [1.54, 1.807) is 6.07 Å². The minimum absolute atomic E-state index is 0.0602. The molecule has 2 aliphatic heterocycles. The molecule has 0 bridgehead atoms. The van der Waals surface area contributed by atoms with Gasteiger partial charge in [-0.15, -0.1) is 0 Å². The molecule has 0 aliphatic carbocycles. The minimum atomic E-state index is -0.633. The highest BCUT2D eigenvalue weighted by molar-refractivity contribution is 5.97. The van der Waals surface area contributed by atoms with Crippen molar-refractivity contribution in [2.45, 2.75) is 45.1 Å². The van der Waals surface area contributed by atoms with Gasteiger partial charge in [0.25, 0.3) is 5.91 Å². The SMILES string of the molecule is Cc1cccc(C(=O)NC(C(=O)NCC2(c3ccc4c(c3)OCO4)CCOCC2)C(C)C)c1. The van der Waals surface area contributed by atoms with E-state index >= 15 is 0 Å². The van der Waals surface area contributed by atoms with Crippen molar-refractivity contribution in [3.63, 3.8) is 0 Å². The van der Waals surface area contributed by atoms with Crippen molar-refractivity contribution in [1.82, 2.24) is 10.6 Å². The van der Waals surface area contributed by atoms with Gasteiger partial charge in [-0.25, -0.2) is 0 Å². The smallest absolute Gasteiger partial charge is 0.251 e. The Morgan fingerprint density at radius 3 is 2.52 bits per heavy atom. The summed E-state index contributed by atoms with van der Waals surface area (Å²) in [5, 5.41) is 6.05. The first-order valence-electron chi connectivity index (χ1n) is 11.5. The van der Waals surface area contributed by atoms with Crippen molar-refractivity contribution >= 4 is 11.8 Å². The normalized spacial score (nSPS) is 17.5. The molecule has 1 unspecified atom stereocenters. The summed E-state index contributed by atoms with van der Waals surface area (Å²) in [6.45, 7) is 7.74. The van der Waals surface area contributed by atoms with Gasteiger partial charge in [-0.3, -0.25) is 9.59 Å². The summed E-state index contributed by atoms with van der Waals surface area (Å²) < 4.78 is 16.6. The lowest BCUT2D eigenvalue weighted by molar-refractivity contribution is -0.124. The Bertz CT molecular complexity index is 1010. The maximum atomic E-state index is 13.2. The van der Waals surface area contributed by atoms with Crippen LogP contribution in [0.4, 0.5) is 0 Å². The molecule has 33 heavy (non-hydrogen) atoms. The molecule has 7 nitrogen and oxygen atoms in total. The predicted molar refractivity (Wildman–Crippen MR) is 125 cm³/mol. The Kier molecular flexibility index (Phi) is 6.88. The molecule has 176 valence electrons. The maximum Gasteiger partial charge on any atom is 0.251 e. The lowest BCUT2D eigenvalue weighted by atomic mass is 9.74. The summed E-state index contributed by atoms with van der Waals surface area (Å²) in [4.78, 5) is 26.0. The van der Waals surface area contributed by atoms with Crippen LogP contribution in [0.5, 0.6) is 11.5 Å². The van der Waals surface area contributed by atoms with Crippen LogP contribution in [0.1, 0.15) is 48.2 Å². The van der Waals surface area contributed by atoms with Crippen molar-refractivity contribution in [2.75, 3.05) is 26.6 Å². The van der Waals surface area contributed by atoms with Gasteiger partial charge >= 0.3 is 0 Å². The topological polar surface area (TPSA) is 85.9 Å². The molecule has 1 fully saturated rings. The highest BCUT2D eigenvalue weighted by Gasteiger charge is 2.37. The number of hydrogen-bond donors (Lipinski definition) is 2. The Morgan fingerprint density at radius 2 is 1.79 bits per heavy atom. The fourth-order valence-electron chi connectivity index (χ4n) is 4.47. The number of hydrogen-bond acceptors (Lipinski definition) is 5. The van der Waals surface area contributed by atoms with E-state index in [4.69, 9.17) is 14.2 Å². The van der Waals surface area contributed by atoms with E-state index in [1.807, 2.05) is 57.2 Å². The molecule has 2 aromatic carbocycles. The second-order valence-corrected chi connectivity index (χ2v) is 9.24. The van der Waals surface area contributed by atoms with E-state index in [9.17, 15) is 9.59 Å². The molecule has 2 amide bonds. The third-order valence-corrected chi connectivity index (χ3v) is 6.55. The summed E-state index contributed by atoms with van der Waals surface area (Å²) in [6.07, 6.45) is 1.57. The Balaban J connectivity index is 1.48. The number of fused-ring (bicyclic) bond motifs is 1. The van der Waals surface area contributed by atoms with Gasteiger partial charge in [-0.1, -0.05) is 37.6 Å². The van der Waals surface area contributed by atoms with Crippen molar-refractivity contribution in [3.8, 4) is 11.5 Å². The molecule has 0 spiro atoms. The van der Waals surface area contributed by atoms with Gasteiger partial charge < -0.3 is 24.8 Å². The van der Waals surface area contributed by atoms with Crippen LogP contribution in [-0.4, -0.2) is 44.4 Å². The van der Waals surface area contributed by atoms with Crippen LogP contribution in [0, 0.1) is 12.8 Å². The molecule has 4 rings (SSSR count). The molecule has 1 saturated heterocycles. The fourth-order valence-corrected chi connectivity index (χ4v) is 4.47. The van der Waals surface area contributed by atoms with E-state index in [2.05, 4.69) is 10.6 Å². The molecule has 2 aliphatic rings. The molecule has 2 N–H and O–H groups in total. The van der Waals surface area contributed by atoms with Crippen LogP contribution in [0.15, 0.2) is 42.5 Å². The zero-order chi connectivity index (χ0) is 23.4. The second-order valence-electron chi connectivity index (χ2n) is 9.24. The highest BCUT2D eigenvalue weighted by Crippen LogP contribution is 2.40. The number of nitrogens with one attached hydrogen (secondary N) is 2. The first-order chi connectivity index (χ1) is 15.9. The molecular formula is C26H32N2O5. The lowest BCUT2D eigenvalue weighted by Gasteiger charge is -2.38. The van der Waals surface area contributed by atoms with Crippen molar-refractivity contribution in [2.24, 2.45) is 5.92 Å². The van der Waals surface area contributed by atoms with E-state index in [0.29, 0.717) is 25.3 Å². The van der Waals surface area contributed by atoms with Crippen LogP contribution >= 0.6 is 0 Å². The molecule has 0 radical (unpaired) electrons. The highest BCUT2D eigenvalue weighted by atomic mass is 16.7. The summed E-state index contributed by atoms with van der Waals surface area (Å²) in [6, 6.07) is 12.7. The quantitative estimate of drug-likeness (QED) is 0.673. The van der Waals surface area contributed by atoms with Crippen LogP contribution < -0.4 is 20.1 Å². The molecule has 0 aromatic heterocycles. The molecule has 7 heteroatoms. The van der Waals surface area contributed by atoms with Gasteiger partial charge in [-0.2, -0.15) is 0 Å². The summed E-state index contributed by atoms with van der Waals surface area (Å²) in [7, 11) is 0. The van der Waals surface area contributed by atoms with E-state index in [1.165, 1.54) is 0 Å². The zero-order valence-electron chi connectivity index (χ0n) is 19.5. The molecular weight excluding hydrogens is 420 g/mol. The molecule has 1 atom stereocenters. The number of carbonyl (C=O) groups is 2. The van der Waals surface area contributed by atoms with E-state index in [0.717, 1.165) is 35.5 Å². The average Bonchev–Trinajstić information content (AvgIpc) is 3.29. The van der Waals surface area contributed by atoms with Gasteiger partial charge in [0, 0.05) is 30.7 Å². The lowest BCUT2D eigenvalue weighted by Crippen LogP contribution is -2.53. The van der Waals surface area contributed by atoms with Crippen molar-refractivity contribution in [1.29, 1.82) is 0 Å². The standard InChI is InChI=1S/C26H32N2O5/c1-17(2)23(28-24(29)19-6-4-5-18(3)13-19)25(30)27-15-26(9-11-31-12-10-26)20-7-8-21-22(14-20)33-16-32-21/h4-8,13-14,17,23H,9-12,15-16H2,1-3H3,(H,27,30)(H,28,29). The van der Waals surface area contributed by atoms with Crippen LogP contribution in [-0.2, 0) is 14.9 Å². The monoisotopic (exact) mass is 452 g/mol. The molecule has 2 heterocycles. The van der Waals surface area contributed by atoms with Gasteiger partial charge in [0.2, 0.25) is 12.7 Å². The number of benzene rings is 2. The Labute approximate surface area is 194 Å². The first-order valence-corrected chi connectivity index (χ1v) is 11.5. The fraction of sp³-hybridized carbons (Fsp3) is 0.462. The number of amides is 2. The molecule has 0 saturated carbocycles. The van der Waals surface area contributed by atoms with Gasteiger partial charge in [-0.05, 0) is 55.5 Å². The first kappa shape index (κ1) is 23.1. The molecule has 2 aromatic rings. The number of rotatable bonds is 7. The van der Waals surface area contributed by atoms with Crippen molar-refractivity contribution < 1.29 is 23.8 Å². The summed E-state index contributed by atoms with van der Waals surface area (Å²) in [5.41, 5.74) is 2.38. The largest absolute Gasteiger partial charge is 0.454 e. The van der Waals surface area contributed by atoms with Crippen LogP contribution in [0.3, 0.4) is 0 Å². The van der Waals surface area contributed by atoms with Crippen molar-refractivity contribution in [3.05, 3.63) is 59.2 Å². The summed E-state index contributed by atoms with van der Waals surface area (Å²) >= 11 is 0. The Hall–Kier alpha value is -3.06. The average molecular weight is 453 g/mol. The number of ether oxygens (including phenoxy) is 3. The van der Waals surface area contributed by atoms with Gasteiger partial charge in [0.1, 0.15) is 6.04 Å².